The van der Waals surface area contributed by atoms with Gasteiger partial charge in [0.1, 0.15) is 5.75 Å². The number of hydrogen-bond acceptors (Lipinski definition) is 1. The maximum Gasteiger partial charge on any atom is 0.127 e. The Morgan fingerprint density at radius 3 is 2.25 bits per heavy atom. The molecule has 0 spiro atoms. The van der Waals surface area contributed by atoms with Crippen LogP contribution in [0.2, 0.25) is 0 Å². The van der Waals surface area contributed by atoms with Crippen LogP contribution in [0.1, 0.15) is 12.8 Å². The molecule has 0 amide bonds. The van der Waals surface area contributed by atoms with Gasteiger partial charge in [0.05, 0.1) is 6.10 Å². The Bertz CT molecular complexity index is 472. The van der Waals surface area contributed by atoms with E-state index in [0.717, 1.165) is 5.75 Å². The predicted octanol–water partition coefficient (Wildman–Crippen LogP) is 3.89. The lowest BCUT2D eigenvalue weighted by atomic mass is 10.1. The highest BCUT2D eigenvalue weighted by molar-refractivity contribution is 5.70. The van der Waals surface area contributed by atoms with Crippen molar-refractivity contribution in [1.82, 2.24) is 0 Å². The van der Waals surface area contributed by atoms with E-state index in [0.29, 0.717) is 6.10 Å². The van der Waals surface area contributed by atoms with E-state index in [2.05, 4.69) is 42.5 Å². The first kappa shape index (κ1) is 9.46. The molecule has 0 saturated heterocycles. The normalized spacial score (nSPS) is 14.8. The Morgan fingerprint density at radius 2 is 1.50 bits per heavy atom. The molecule has 1 aliphatic rings. The fourth-order valence-electron chi connectivity index (χ4n) is 1.79. The van der Waals surface area contributed by atoms with Crippen molar-refractivity contribution in [3.05, 3.63) is 54.6 Å². The van der Waals surface area contributed by atoms with Crippen molar-refractivity contribution in [2.45, 2.75) is 18.9 Å². The number of hydrogen-bond donors (Lipinski definition) is 0. The second-order valence-electron chi connectivity index (χ2n) is 4.18. The third kappa shape index (κ3) is 1.94. The topological polar surface area (TPSA) is 9.23 Å². The summed E-state index contributed by atoms with van der Waals surface area (Å²) < 4.78 is 5.91. The maximum atomic E-state index is 5.91. The third-order valence-electron chi connectivity index (χ3n) is 2.79. The van der Waals surface area contributed by atoms with Crippen molar-refractivity contribution in [2.75, 3.05) is 0 Å². The molecule has 1 nitrogen and oxygen atoms in total. The Hall–Kier alpha value is -1.76. The van der Waals surface area contributed by atoms with Crippen molar-refractivity contribution in [3.8, 4) is 16.9 Å². The van der Waals surface area contributed by atoms with E-state index in [1.165, 1.54) is 24.0 Å². The first-order valence-corrected chi connectivity index (χ1v) is 5.74. The zero-order chi connectivity index (χ0) is 10.8. The predicted molar refractivity (Wildman–Crippen MR) is 65.5 cm³/mol. The Balaban J connectivity index is 1.98. The summed E-state index contributed by atoms with van der Waals surface area (Å²) in [5.41, 5.74) is 2.41. The van der Waals surface area contributed by atoms with Crippen LogP contribution in [0.4, 0.5) is 0 Å². The van der Waals surface area contributed by atoms with Crippen molar-refractivity contribution in [2.24, 2.45) is 0 Å². The molecule has 0 N–H and O–H groups in total. The minimum Gasteiger partial charge on any atom is -0.490 e. The summed E-state index contributed by atoms with van der Waals surface area (Å²) >= 11 is 0. The summed E-state index contributed by atoms with van der Waals surface area (Å²) in [6.07, 6.45) is 2.84. The second-order valence-corrected chi connectivity index (χ2v) is 4.18. The van der Waals surface area contributed by atoms with Crippen molar-refractivity contribution in [3.63, 3.8) is 0 Å². The molecule has 2 aromatic rings. The van der Waals surface area contributed by atoms with Gasteiger partial charge in [-0.3, -0.25) is 0 Å². The summed E-state index contributed by atoms with van der Waals surface area (Å²) in [6, 6.07) is 18.7. The Morgan fingerprint density at radius 1 is 0.812 bits per heavy atom. The van der Waals surface area contributed by atoms with E-state index >= 15 is 0 Å². The van der Waals surface area contributed by atoms with E-state index < -0.39 is 0 Å². The highest BCUT2D eigenvalue weighted by atomic mass is 16.5. The van der Waals surface area contributed by atoms with Gasteiger partial charge in [-0.2, -0.15) is 0 Å². The van der Waals surface area contributed by atoms with Gasteiger partial charge in [-0.05, 0) is 24.5 Å². The second kappa shape index (κ2) is 4.01. The molecule has 0 aromatic heterocycles. The van der Waals surface area contributed by atoms with Crippen LogP contribution in [-0.2, 0) is 0 Å². The number of benzene rings is 2. The molecule has 1 fully saturated rings. The molecule has 0 atom stereocenters. The fourth-order valence-corrected chi connectivity index (χ4v) is 1.79. The number of rotatable bonds is 3. The van der Waals surface area contributed by atoms with Crippen LogP contribution in [0, 0.1) is 0 Å². The zero-order valence-electron chi connectivity index (χ0n) is 9.10. The number of para-hydroxylation sites is 1. The lowest BCUT2D eigenvalue weighted by molar-refractivity contribution is 0.304. The zero-order valence-corrected chi connectivity index (χ0v) is 9.10. The van der Waals surface area contributed by atoms with E-state index in [1.807, 2.05) is 12.1 Å². The summed E-state index contributed by atoms with van der Waals surface area (Å²) in [6.45, 7) is 0. The molecule has 1 aliphatic carbocycles. The average molecular weight is 210 g/mol. The average Bonchev–Trinajstić information content (AvgIpc) is 3.15. The maximum absolute atomic E-state index is 5.91. The fraction of sp³-hybridized carbons (Fsp3) is 0.200. The summed E-state index contributed by atoms with van der Waals surface area (Å²) in [5, 5.41) is 0. The van der Waals surface area contributed by atoms with Gasteiger partial charge < -0.3 is 4.74 Å². The quantitative estimate of drug-likeness (QED) is 0.746. The van der Waals surface area contributed by atoms with Gasteiger partial charge in [0.2, 0.25) is 0 Å². The highest BCUT2D eigenvalue weighted by Gasteiger charge is 2.24. The van der Waals surface area contributed by atoms with Crippen molar-refractivity contribution >= 4 is 0 Å². The standard InChI is InChI=1S/C15H14O/c1-2-6-12(7-3-1)14-8-4-5-9-15(14)16-13-10-11-13/h1-9,13H,10-11H2. The monoisotopic (exact) mass is 210 g/mol. The first-order valence-electron chi connectivity index (χ1n) is 5.74. The van der Waals surface area contributed by atoms with Gasteiger partial charge in [0.15, 0.2) is 0 Å². The van der Waals surface area contributed by atoms with Gasteiger partial charge in [0.25, 0.3) is 0 Å². The van der Waals surface area contributed by atoms with Gasteiger partial charge in [-0.15, -0.1) is 0 Å². The van der Waals surface area contributed by atoms with E-state index in [9.17, 15) is 0 Å². The van der Waals surface area contributed by atoms with Crippen LogP contribution < -0.4 is 4.74 Å². The summed E-state index contributed by atoms with van der Waals surface area (Å²) in [7, 11) is 0. The lowest BCUT2D eigenvalue weighted by Gasteiger charge is -2.10. The van der Waals surface area contributed by atoms with E-state index in [4.69, 9.17) is 4.74 Å². The van der Waals surface area contributed by atoms with Gasteiger partial charge in [-0.1, -0.05) is 48.5 Å². The smallest absolute Gasteiger partial charge is 0.127 e. The van der Waals surface area contributed by atoms with Crippen molar-refractivity contribution < 1.29 is 4.74 Å². The molecule has 2 aromatic carbocycles. The molecule has 3 rings (SSSR count). The highest BCUT2D eigenvalue weighted by Crippen LogP contribution is 2.34. The van der Waals surface area contributed by atoms with Crippen LogP contribution in [0.5, 0.6) is 5.75 Å². The van der Waals surface area contributed by atoms with Crippen molar-refractivity contribution in [1.29, 1.82) is 0 Å². The minimum atomic E-state index is 0.449. The van der Waals surface area contributed by atoms with Crippen LogP contribution in [0.15, 0.2) is 54.6 Å². The molecule has 16 heavy (non-hydrogen) atoms. The molecule has 0 aliphatic heterocycles. The van der Waals surface area contributed by atoms with Crippen LogP contribution in [0.3, 0.4) is 0 Å². The van der Waals surface area contributed by atoms with Crippen LogP contribution in [-0.4, -0.2) is 6.10 Å². The molecule has 0 radical (unpaired) electrons. The van der Waals surface area contributed by atoms with E-state index in [1.54, 1.807) is 0 Å². The third-order valence-corrected chi connectivity index (χ3v) is 2.79. The molecular weight excluding hydrogens is 196 g/mol. The SMILES string of the molecule is c1ccc(-c2ccccc2OC2CC2)cc1. The van der Waals surface area contributed by atoms with Gasteiger partial charge >= 0.3 is 0 Å². The molecule has 0 bridgehead atoms. The van der Waals surface area contributed by atoms with Gasteiger partial charge in [-0.25, -0.2) is 0 Å². The Kier molecular flexibility index (Phi) is 2.37. The van der Waals surface area contributed by atoms with Gasteiger partial charge in [0, 0.05) is 5.56 Å². The lowest BCUT2D eigenvalue weighted by Crippen LogP contribution is -1.97. The first-order chi connectivity index (χ1) is 7.93. The summed E-state index contributed by atoms with van der Waals surface area (Å²) in [4.78, 5) is 0. The largest absolute Gasteiger partial charge is 0.490 e. The molecule has 0 heterocycles. The molecule has 0 unspecified atom stereocenters. The minimum absolute atomic E-state index is 0.449. The molecule has 80 valence electrons. The van der Waals surface area contributed by atoms with Crippen LogP contribution >= 0.6 is 0 Å². The molecular formula is C15H14O. The molecule has 1 heteroatoms. The van der Waals surface area contributed by atoms with Crippen LogP contribution in [0.25, 0.3) is 11.1 Å². The van der Waals surface area contributed by atoms with E-state index in [-0.39, 0.29) is 0 Å². The molecule has 1 saturated carbocycles. The number of ether oxygens (including phenoxy) is 1. The summed E-state index contributed by atoms with van der Waals surface area (Å²) in [5.74, 6) is 1.01. The Labute approximate surface area is 95.7 Å².